The lowest BCUT2D eigenvalue weighted by Gasteiger charge is -2.28. The second kappa shape index (κ2) is 6.08. The number of amides is 1. The van der Waals surface area contributed by atoms with Crippen molar-refractivity contribution in [1.82, 2.24) is 0 Å². The van der Waals surface area contributed by atoms with Gasteiger partial charge in [-0.15, -0.1) is 11.8 Å². The number of benzene rings is 1. The molecule has 1 atom stereocenters. The minimum Gasteiger partial charge on any atom is -0.480 e. The Morgan fingerprint density at radius 1 is 1.37 bits per heavy atom. The molecule has 0 bridgehead atoms. The van der Waals surface area contributed by atoms with Crippen LogP contribution < -0.4 is 11.5 Å². The molecule has 1 amide bonds. The quantitative estimate of drug-likeness (QED) is 0.727. The molecule has 1 aromatic carbocycles. The summed E-state index contributed by atoms with van der Waals surface area (Å²) < 4.78 is -0.642. The summed E-state index contributed by atoms with van der Waals surface area (Å²) in [4.78, 5) is 22.2. The number of carboxylic acid groups (broad SMARTS) is 1. The molecule has 1 aromatic rings. The summed E-state index contributed by atoms with van der Waals surface area (Å²) in [5.74, 6) is -1.05. The highest BCUT2D eigenvalue weighted by molar-refractivity contribution is 7.99. The average Bonchev–Trinajstić information content (AvgIpc) is 2.35. The van der Waals surface area contributed by atoms with Gasteiger partial charge >= 0.3 is 5.97 Å². The zero-order chi connectivity index (χ0) is 14.6. The van der Waals surface area contributed by atoms with Crippen molar-refractivity contribution < 1.29 is 14.7 Å². The molecular formula is C13H18N2O3S. The fraction of sp³-hybridized carbons (Fsp3) is 0.385. The van der Waals surface area contributed by atoms with Gasteiger partial charge in [0.15, 0.2) is 0 Å². The standard InChI is InChI=1S/C13H18N2O3S/c1-13(2,10(14)12(17)18)19-7-8-5-3-4-6-9(8)11(15)16/h3-6,10H,7,14H2,1-2H3,(H2,15,16)(H,17,18)/t10-/m1/s1. The minimum absolute atomic E-state index is 0.453. The van der Waals surface area contributed by atoms with Crippen LogP contribution in [-0.4, -0.2) is 27.8 Å². The van der Waals surface area contributed by atoms with Crippen molar-refractivity contribution >= 4 is 23.6 Å². The van der Waals surface area contributed by atoms with Gasteiger partial charge in [-0.2, -0.15) is 0 Å². The van der Waals surface area contributed by atoms with Crippen LogP contribution in [0.4, 0.5) is 0 Å². The summed E-state index contributed by atoms with van der Waals surface area (Å²) in [5, 5.41) is 8.95. The Morgan fingerprint density at radius 2 is 1.95 bits per heavy atom. The molecule has 104 valence electrons. The van der Waals surface area contributed by atoms with E-state index in [1.807, 2.05) is 6.07 Å². The van der Waals surface area contributed by atoms with E-state index in [2.05, 4.69) is 0 Å². The Kier molecular flexibility index (Phi) is 4.97. The number of hydrogen-bond acceptors (Lipinski definition) is 4. The third-order valence-electron chi connectivity index (χ3n) is 2.90. The topological polar surface area (TPSA) is 106 Å². The highest BCUT2D eigenvalue weighted by Gasteiger charge is 2.32. The van der Waals surface area contributed by atoms with Gasteiger partial charge in [-0.05, 0) is 25.5 Å². The molecule has 0 aliphatic carbocycles. The Balaban J connectivity index is 2.82. The van der Waals surface area contributed by atoms with E-state index in [-0.39, 0.29) is 0 Å². The molecule has 5 nitrogen and oxygen atoms in total. The smallest absolute Gasteiger partial charge is 0.321 e. The molecule has 0 radical (unpaired) electrons. The zero-order valence-corrected chi connectivity index (χ0v) is 11.7. The summed E-state index contributed by atoms with van der Waals surface area (Å²) in [5.41, 5.74) is 12.2. The van der Waals surface area contributed by atoms with E-state index in [0.29, 0.717) is 11.3 Å². The summed E-state index contributed by atoms with van der Waals surface area (Å²) >= 11 is 1.39. The second-order valence-corrected chi connectivity index (χ2v) is 6.36. The van der Waals surface area contributed by atoms with Gasteiger partial charge in [0.2, 0.25) is 5.91 Å². The van der Waals surface area contributed by atoms with E-state index in [9.17, 15) is 9.59 Å². The van der Waals surface area contributed by atoms with Crippen LogP contribution in [0.5, 0.6) is 0 Å². The van der Waals surface area contributed by atoms with E-state index < -0.39 is 22.7 Å². The molecule has 0 heterocycles. The number of carbonyl (C=O) groups excluding carboxylic acids is 1. The summed E-state index contributed by atoms with van der Waals surface area (Å²) in [6, 6.07) is 6.03. The number of primary amides is 1. The maximum Gasteiger partial charge on any atom is 0.321 e. The van der Waals surface area contributed by atoms with Crippen LogP contribution >= 0.6 is 11.8 Å². The molecule has 0 aliphatic rings. The van der Waals surface area contributed by atoms with Gasteiger partial charge in [0.1, 0.15) is 6.04 Å². The van der Waals surface area contributed by atoms with E-state index in [1.165, 1.54) is 11.8 Å². The normalized spacial score (nSPS) is 13.0. The molecule has 0 aliphatic heterocycles. The van der Waals surface area contributed by atoms with Crippen LogP contribution in [0, 0.1) is 0 Å². The third kappa shape index (κ3) is 3.97. The van der Waals surface area contributed by atoms with E-state index in [1.54, 1.807) is 32.0 Å². The lowest BCUT2D eigenvalue weighted by atomic mass is 10.1. The maximum atomic E-state index is 11.3. The van der Waals surface area contributed by atoms with Gasteiger partial charge in [0.05, 0.1) is 0 Å². The van der Waals surface area contributed by atoms with Crippen molar-refractivity contribution in [1.29, 1.82) is 0 Å². The SMILES string of the molecule is CC(C)(SCc1ccccc1C(N)=O)[C@H](N)C(=O)O. The molecular weight excluding hydrogens is 264 g/mol. The molecule has 5 N–H and O–H groups in total. The lowest BCUT2D eigenvalue weighted by molar-refractivity contribution is -0.139. The molecule has 0 saturated carbocycles. The summed E-state index contributed by atoms with van der Waals surface area (Å²) in [6.07, 6.45) is 0. The largest absolute Gasteiger partial charge is 0.480 e. The molecule has 19 heavy (non-hydrogen) atoms. The van der Waals surface area contributed by atoms with Gasteiger partial charge in [0, 0.05) is 16.1 Å². The van der Waals surface area contributed by atoms with Gasteiger partial charge in [-0.3, -0.25) is 9.59 Å². The fourth-order valence-electron chi connectivity index (χ4n) is 1.54. The molecule has 6 heteroatoms. The van der Waals surface area contributed by atoms with Crippen LogP contribution in [0.1, 0.15) is 29.8 Å². The third-order valence-corrected chi connectivity index (χ3v) is 4.35. The minimum atomic E-state index is -1.04. The van der Waals surface area contributed by atoms with Crippen molar-refractivity contribution in [3.63, 3.8) is 0 Å². The van der Waals surface area contributed by atoms with E-state index in [0.717, 1.165) is 5.56 Å². The van der Waals surface area contributed by atoms with Crippen LogP contribution in [0.2, 0.25) is 0 Å². The number of aliphatic carboxylic acids is 1. The fourth-order valence-corrected chi connectivity index (χ4v) is 2.60. The van der Waals surface area contributed by atoms with Crippen molar-refractivity contribution in [2.24, 2.45) is 11.5 Å². The average molecular weight is 282 g/mol. The zero-order valence-electron chi connectivity index (χ0n) is 10.9. The summed E-state index contributed by atoms with van der Waals surface area (Å²) in [6.45, 7) is 3.53. The summed E-state index contributed by atoms with van der Waals surface area (Å²) in [7, 11) is 0. The van der Waals surface area contributed by atoms with Crippen LogP contribution in [0.3, 0.4) is 0 Å². The first-order valence-corrected chi connectivity index (χ1v) is 6.74. The van der Waals surface area contributed by atoms with Crippen molar-refractivity contribution in [2.75, 3.05) is 0 Å². The number of thioether (sulfide) groups is 1. The second-order valence-electron chi connectivity index (χ2n) is 4.73. The van der Waals surface area contributed by atoms with Crippen molar-refractivity contribution in [3.8, 4) is 0 Å². The molecule has 0 saturated heterocycles. The lowest BCUT2D eigenvalue weighted by Crippen LogP contribution is -2.46. The van der Waals surface area contributed by atoms with Crippen molar-refractivity contribution in [3.05, 3.63) is 35.4 Å². The highest BCUT2D eigenvalue weighted by atomic mass is 32.2. The Morgan fingerprint density at radius 3 is 2.47 bits per heavy atom. The predicted molar refractivity (Wildman–Crippen MR) is 75.9 cm³/mol. The van der Waals surface area contributed by atoms with E-state index in [4.69, 9.17) is 16.6 Å². The van der Waals surface area contributed by atoms with E-state index >= 15 is 0 Å². The van der Waals surface area contributed by atoms with Gasteiger partial charge in [-0.25, -0.2) is 0 Å². The first-order valence-electron chi connectivity index (χ1n) is 5.75. The molecule has 0 aromatic heterocycles. The number of rotatable bonds is 6. The number of nitrogens with two attached hydrogens (primary N) is 2. The Hall–Kier alpha value is -1.53. The molecule has 0 fully saturated rings. The van der Waals surface area contributed by atoms with Gasteiger partial charge in [-0.1, -0.05) is 18.2 Å². The predicted octanol–water partition coefficient (Wildman–Crippen LogP) is 1.21. The molecule has 0 spiro atoms. The maximum absolute atomic E-state index is 11.3. The van der Waals surface area contributed by atoms with Gasteiger partial charge in [0.25, 0.3) is 0 Å². The Labute approximate surface area is 116 Å². The highest BCUT2D eigenvalue weighted by Crippen LogP contribution is 2.31. The number of carboxylic acids is 1. The first kappa shape index (κ1) is 15.5. The number of carbonyl (C=O) groups is 2. The van der Waals surface area contributed by atoms with Crippen LogP contribution in [0.15, 0.2) is 24.3 Å². The van der Waals surface area contributed by atoms with Crippen LogP contribution in [0.25, 0.3) is 0 Å². The monoisotopic (exact) mass is 282 g/mol. The molecule has 0 unspecified atom stereocenters. The van der Waals surface area contributed by atoms with Gasteiger partial charge < -0.3 is 16.6 Å². The van der Waals surface area contributed by atoms with Crippen molar-refractivity contribution in [2.45, 2.75) is 30.4 Å². The molecule has 1 rings (SSSR count). The number of hydrogen-bond donors (Lipinski definition) is 3. The van der Waals surface area contributed by atoms with Crippen LogP contribution in [-0.2, 0) is 10.5 Å². The first-order chi connectivity index (χ1) is 8.75. The Bertz CT molecular complexity index is 489.